The smallest absolute Gasteiger partial charge is 0.412 e. The zero-order valence-electron chi connectivity index (χ0n) is 15.9. The number of carbonyl (C=O) groups excluding carboxylic acids is 2. The van der Waals surface area contributed by atoms with Crippen LogP contribution in [0.1, 0.15) is 11.3 Å². The Bertz CT molecular complexity index is 1120. The Labute approximate surface area is 191 Å². The third kappa shape index (κ3) is 4.08. The molecule has 0 saturated heterocycles. The van der Waals surface area contributed by atoms with Crippen molar-refractivity contribution in [2.24, 2.45) is 5.73 Å². The maximum absolute atomic E-state index is 12.6. The highest BCUT2D eigenvalue weighted by molar-refractivity contribution is 6.37. The monoisotopic (exact) mass is 483 g/mol. The predicted molar refractivity (Wildman–Crippen MR) is 115 cm³/mol. The van der Waals surface area contributed by atoms with E-state index in [1.165, 1.54) is 17.1 Å². The van der Waals surface area contributed by atoms with Crippen molar-refractivity contribution >= 4 is 52.8 Å². The van der Waals surface area contributed by atoms with Gasteiger partial charge in [0.1, 0.15) is 12.4 Å². The number of benzene rings is 1. The second-order valence-corrected chi connectivity index (χ2v) is 8.09. The van der Waals surface area contributed by atoms with E-state index in [1.807, 2.05) is 0 Å². The molecule has 2 heterocycles. The zero-order valence-corrected chi connectivity index (χ0v) is 18.2. The molecular formula is C19H16Cl3N5O4. The second-order valence-electron chi connectivity index (χ2n) is 6.87. The van der Waals surface area contributed by atoms with E-state index >= 15 is 0 Å². The maximum Gasteiger partial charge on any atom is 0.412 e. The summed E-state index contributed by atoms with van der Waals surface area (Å²) in [5.41, 5.74) is 11.7. The van der Waals surface area contributed by atoms with Gasteiger partial charge in [-0.15, -0.1) is 11.6 Å². The summed E-state index contributed by atoms with van der Waals surface area (Å²) in [4.78, 5) is 34.1. The molecule has 9 nitrogen and oxygen atoms in total. The Kier molecular flexibility index (Phi) is 5.59. The van der Waals surface area contributed by atoms with E-state index in [2.05, 4.69) is 9.97 Å². The first-order valence-corrected chi connectivity index (χ1v) is 10.3. The number of amides is 2. The summed E-state index contributed by atoms with van der Waals surface area (Å²) in [6.45, 7) is 0.424. The first-order chi connectivity index (χ1) is 14.7. The fraction of sp³-hybridized carbons (Fsp3) is 0.263. The van der Waals surface area contributed by atoms with Gasteiger partial charge in [0.25, 0.3) is 5.91 Å². The number of fused-ring (bicyclic) bond motifs is 1. The van der Waals surface area contributed by atoms with Crippen molar-refractivity contribution < 1.29 is 19.1 Å². The Hall–Kier alpha value is -2.75. The highest BCUT2D eigenvalue weighted by Crippen LogP contribution is 2.42. The molecular weight excluding hydrogens is 469 g/mol. The van der Waals surface area contributed by atoms with Gasteiger partial charge in [-0.3, -0.25) is 9.69 Å². The molecule has 0 unspecified atom stereocenters. The van der Waals surface area contributed by atoms with Gasteiger partial charge in [0.05, 0.1) is 40.9 Å². The summed E-state index contributed by atoms with van der Waals surface area (Å²) in [5.74, 6) is -0.149. The van der Waals surface area contributed by atoms with Crippen LogP contribution < -0.4 is 16.2 Å². The molecule has 0 radical (unpaired) electrons. The number of nitrogens with zero attached hydrogens (tertiary/aromatic N) is 3. The summed E-state index contributed by atoms with van der Waals surface area (Å²) in [5, 5.41) is 0.657. The number of carbonyl (C=O) groups is 2. The molecule has 0 spiro atoms. The number of primary amides is 1. The van der Waals surface area contributed by atoms with Gasteiger partial charge in [0.15, 0.2) is 0 Å². The van der Waals surface area contributed by atoms with E-state index in [9.17, 15) is 9.59 Å². The minimum absolute atomic E-state index is 0.00394. The van der Waals surface area contributed by atoms with Crippen LogP contribution in [0.25, 0.3) is 11.3 Å². The summed E-state index contributed by atoms with van der Waals surface area (Å²) in [6.07, 6.45) is 2.09. The van der Waals surface area contributed by atoms with Crippen molar-refractivity contribution in [2.75, 3.05) is 18.2 Å². The number of anilines is 1. The minimum atomic E-state index is -1.47. The molecule has 2 aliphatic rings. The lowest BCUT2D eigenvalue weighted by Gasteiger charge is -2.19. The number of hydrogen-bond donors (Lipinski definition) is 2. The van der Waals surface area contributed by atoms with Gasteiger partial charge >= 0.3 is 6.09 Å². The van der Waals surface area contributed by atoms with Crippen molar-refractivity contribution in [1.29, 1.82) is 0 Å². The van der Waals surface area contributed by atoms with Crippen LogP contribution in [0.2, 0.25) is 10.0 Å². The Balaban J connectivity index is 1.69. The molecule has 0 fully saturated rings. The van der Waals surface area contributed by atoms with E-state index in [0.29, 0.717) is 33.3 Å². The third-order valence-corrected chi connectivity index (χ3v) is 5.43. The fourth-order valence-electron chi connectivity index (χ4n) is 3.22. The van der Waals surface area contributed by atoms with Gasteiger partial charge in [-0.05, 0) is 24.3 Å². The van der Waals surface area contributed by atoms with Crippen LogP contribution in [-0.4, -0.2) is 45.0 Å². The minimum Gasteiger partial charge on any atom is -0.492 e. The number of alkyl halides is 1. The van der Waals surface area contributed by atoms with Crippen molar-refractivity contribution in [3.63, 3.8) is 0 Å². The number of hydrogen-bond acceptors (Lipinski definition) is 7. The number of aromatic nitrogens is 2. The molecule has 31 heavy (non-hydrogen) atoms. The molecule has 1 aromatic heterocycles. The molecule has 0 atom stereocenters. The molecule has 0 bridgehead atoms. The largest absolute Gasteiger partial charge is 0.492 e. The molecule has 2 aromatic rings. The van der Waals surface area contributed by atoms with Crippen LogP contribution in [0.15, 0.2) is 24.3 Å². The maximum atomic E-state index is 12.6. The zero-order chi connectivity index (χ0) is 22.3. The molecule has 2 amide bonds. The predicted octanol–water partition coefficient (Wildman–Crippen LogP) is 2.90. The molecule has 162 valence electrons. The van der Waals surface area contributed by atoms with Gasteiger partial charge in [-0.2, -0.15) is 0 Å². The average Bonchev–Trinajstić information content (AvgIpc) is 3.35. The first kappa shape index (κ1) is 21.5. The lowest BCUT2D eigenvalue weighted by Crippen LogP contribution is -2.40. The van der Waals surface area contributed by atoms with Crippen LogP contribution in [-0.2, 0) is 22.6 Å². The van der Waals surface area contributed by atoms with Gasteiger partial charge < -0.3 is 20.9 Å². The SMILES string of the molecule is NC(=O)C1(OC(=O)N2Cc3nc(N)nc(-c4c(Cl)cc(Cl)cc4OCCCl)c3C2)C=C1. The van der Waals surface area contributed by atoms with E-state index in [4.69, 9.17) is 55.7 Å². The molecule has 1 aliphatic heterocycles. The third-order valence-electron chi connectivity index (χ3n) is 4.76. The van der Waals surface area contributed by atoms with Crippen molar-refractivity contribution in [3.8, 4) is 17.0 Å². The van der Waals surface area contributed by atoms with Crippen molar-refractivity contribution in [2.45, 2.75) is 18.7 Å². The standard InChI is InChI=1S/C19H16Cl3N5O4/c20-3-4-30-13-6-9(21)5-11(22)14(13)15-10-7-27(8-12(10)25-17(24)26-15)18(29)31-19(1-2-19)16(23)28/h1-2,5-6H,3-4,7-8H2,(H2,23,28)(H2,24,25,26). The Morgan fingerprint density at radius 3 is 2.58 bits per heavy atom. The van der Waals surface area contributed by atoms with Gasteiger partial charge in [0.2, 0.25) is 11.5 Å². The van der Waals surface area contributed by atoms with Gasteiger partial charge in [0, 0.05) is 10.6 Å². The summed E-state index contributed by atoms with van der Waals surface area (Å²) < 4.78 is 11.0. The van der Waals surface area contributed by atoms with Crippen LogP contribution in [0.3, 0.4) is 0 Å². The van der Waals surface area contributed by atoms with Crippen LogP contribution in [0.5, 0.6) is 5.75 Å². The van der Waals surface area contributed by atoms with E-state index in [-0.39, 0.29) is 36.5 Å². The number of ether oxygens (including phenoxy) is 2. The molecule has 4 N–H and O–H groups in total. The average molecular weight is 485 g/mol. The lowest BCUT2D eigenvalue weighted by molar-refractivity contribution is -0.127. The number of rotatable bonds is 6. The van der Waals surface area contributed by atoms with E-state index < -0.39 is 17.6 Å². The molecule has 0 saturated carbocycles. The fourth-order valence-corrected chi connectivity index (χ4v) is 3.86. The Morgan fingerprint density at radius 1 is 1.19 bits per heavy atom. The van der Waals surface area contributed by atoms with Crippen LogP contribution in [0, 0.1) is 0 Å². The van der Waals surface area contributed by atoms with Gasteiger partial charge in [-0.25, -0.2) is 14.8 Å². The summed E-state index contributed by atoms with van der Waals surface area (Å²) in [7, 11) is 0. The van der Waals surface area contributed by atoms with Crippen molar-refractivity contribution in [1.82, 2.24) is 14.9 Å². The van der Waals surface area contributed by atoms with E-state index in [0.717, 1.165) is 0 Å². The Morgan fingerprint density at radius 2 is 1.94 bits per heavy atom. The summed E-state index contributed by atoms with van der Waals surface area (Å²) >= 11 is 18.3. The lowest BCUT2D eigenvalue weighted by atomic mass is 10.0. The van der Waals surface area contributed by atoms with Crippen LogP contribution >= 0.6 is 34.8 Å². The quantitative estimate of drug-likeness (QED) is 0.475. The number of nitrogens with two attached hydrogens (primary N) is 2. The molecule has 12 heteroatoms. The normalized spacial score (nSPS) is 15.5. The van der Waals surface area contributed by atoms with Gasteiger partial charge in [-0.1, -0.05) is 23.2 Å². The number of nitrogen functional groups attached to an aromatic ring is 1. The van der Waals surface area contributed by atoms with Crippen LogP contribution in [0.4, 0.5) is 10.7 Å². The second kappa shape index (κ2) is 8.07. The first-order valence-electron chi connectivity index (χ1n) is 9.05. The topological polar surface area (TPSA) is 134 Å². The molecule has 4 rings (SSSR count). The highest BCUT2D eigenvalue weighted by Gasteiger charge is 2.46. The number of halogens is 3. The van der Waals surface area contributed by atoms with E-state index in [1.54, 1.807) is 12.1 Å². The molecule has 1 aliphatic carbocycles. The highest BCUT2D eigenvalue weighted by atomic mass is 35.5. The molecule has 1 aromatic carbocycles. The van der Waals surface area contributed by atoms with Crippen molar-refractivity contribution in [3.05, 3.63) is 45.6 Å². The summed E-state index contributed by atoms with van der Waals surface area (Å²) in [6, 6.07) is 3.14.